The van der Waals surface area contributed by atoms with E-state index in [4.69, 9.17) is 17.0 Å². The average Bonchev–Trinajstić information content (AvgIpc) is 3.48. The Morgan fingerprint density at radius 1 is 1.11 bits per heavy atom. The molecule has 1 fully saturated rings. The largest absolute Gasteiger partial charge is 0.494 e. The first-order valence-electron chi connectivity index (χ1n) is 11.5. The van der Waals surface area contributed by atoms with Gasteiger partial charge < -0.3 is 19.5 Å². The second kappa shape index (κ2) is 10.2. The fourth-order valence-corrected chi connectivity index (χ4v) is 5.49. The third-order valence-corrected chi connectivity index (χ3v) is 7.01. The molecule has 9 nitrogen and oxygen atoms in total. The number of rotatable bonds is 8. The SMILES string of the molecule is COc1cc(N2C(=S)N[C@@H](c3ccccn3)[C@H]2c2cccn2Cc2cccnc2)ccc1NS(C)(=O)=O. The van der Waals surface area contributed by atoms with E-state index in [2.05, 4.69) is 30.6 Å². The Bertz CT molecular complexity index is 1510. The zero-order valence-electron chi connectivity index (χ0n) is 20.3. The van der Waals surface area contributed by atoms with Crippen molar-refractivity contribution in [1.82, 2.24) is 19.9 Å². The summed E-state index contributed by atoms with van der Waals surface area (Å²) >= 11 is 5.84. The molecule has 0 saturated carbocycles. The van der Waals surface area contributed by atoms with Crippen molar-refractivity contribution < 1.29 is 13.2 Å². The van der Waals surface area contributed by atoms with Gasteiger partial charge in [-0.25, -0.2) is 8.42 Å². The van der Waals surface area contributed by atoms with Crippen LogP contribution < -0.4 is 19.7 Å². The molecule has 5 rings (SSSR count). The molecule has 3 aromatic heterocycles. The minimum absolute atomic E-state index is 0.226. The van der Waals surface area contributed by atoms with Crippen LogP contribution >= 0.6 is 12.2 Å². The number of methoxy groups -OCH3 is 1. The Balaban J connectivity index is 1.60. The maximum Gasteiger partial charge on any atom is 0.229 e. The minimum atomic E-state index is -3.48. The lowest BCUT2D eigenvalue weighted by Crippen LogP contribution is -2.30. The molecule has 190 valence electrons. The molecule has 0 amide bonds. The highest BCUT2D eigenvalue weighted by atomic mass is 32.2. The molecule has 4 aromatic rings. The van der Waals surface area contributed by atoms with Crippen LogP contribution in [0.2, 0.25) is 0 Å². The van der Waals surface area contributed by atoms with Crippen LogP contribution in [0.3, 0.4) is 0 Å². The van der Waals surface area contributed by atoms with Crippen LogP contribution in [0.4, 0.5) is 11.4 Å². The van der Waals surface area contributed by atoms with Gasteiger partial charge >= 0.3 is 0 Å². The highest BCUT2D eigenvalue weighted by molar-refractivity contribution is 7.92. The third kappa shape index (κ3) is 5.27. The van der Waals surface area contributed by atoms with Gasteiger partial charge in [0.2, 0.25) is 10.0 Å². The molecule has 0 aliphatic carbocycles. The van der Waals surface area contributed by atoms with E-state index < -0.39 is 10.0 Å². The topological polar surface area (TPSA) is 101 Å². The molecule has 11 heteroatoms. The van der Waals surface area contributed by atoms with Crippen molar-refractivity contribution in [3.8, 4) is 5.75 Å². The molecule has 2 N–H and O–H groups in total. The highest BCUT2D eigenvalue weighted by Gasteiger charge is 2.42. The van der Waals surface area contributed by atoms with Crippen molar-refractivity contribution in [2.75, 3.05) is 23.0 Å². The maximum atomic E-state index is 11.8. The Kier molecular flexibility index (Phi) is 6.81. The third-order valence-electron chi connectivity index (χ3n) is 6.10. The Morgan fingerprint density at radius 2 is 1.97 bits per heavy atom. The summed E-state index contributed by atoms with van der Waals surface area (Å²) in [4.78, 5) is 10.9. The van der Waals surface area contributed by atoms with E-state index in [1.807, 2.05) is 59.8 Å². The Labute approximate surface area is 221 Å². The number of hydrogen-bond acceptors (Lipinski definition) is 6. The van der Waals surface area contributed by atoms with Crippen LogP contribution in [0.25, 0.3) is 0 Å². The lowest BCUT2D eigenvalue weighted by molar-refractivity contribution is 0.417. The van der Waals surface area contributed by atoms with Crippen molar-refractivity contribution in [3.63, 3.8) is 0 Å². The number of nitrogens with zero attached hydrogens (tertiary/aromatic N) is 4. The van der Waals surface area contributed by atoms with Gasteiger partial charge in [-0.1, -0.05) is 12.1 Å². The van der Waals surface area contributed by atoms with Crippen LogP contribution in [-0.2, 0) is 16.6 Å². The molecule has 0 radical (unpaired) electrons. The van der Waals surface area contributed by atoms with Crippen LogP contribution in [-0.4, -0.2) is 41.4 Å². The summed E-state index contributed by atoms with van der Waals surface area (Å²) in [6, 6.07) is 18.7. The van der Waals surface area contributed by atoms with Gasteiger partial charge in [-0.05, 0) is 60.2 Å². The van der Waals surface area contributed by atoms with Crippen molar-refractivity contribution in [1.29, 1.82) is 0 Å². The predicted octanol–water partition coefficient (Wildman–Crippen LogP) is 3.88. The monoisotopic (exact) mass is 534 g/mol. The fourth-order valence-electron chi connectivity index (χ4n) is 4.58. The van der Waals surface area contributed by atoms with Gasteiger partial charge in [-0.2, -0.15) is 0 Å². The van der Waals surface area contributed by atoms with E-state index in [-0.39, 0.29) is 12.1 Å². The van der Waals surface area contributed by atoms with Crippen molar-refractivity contribution in [2.24, 2.45) is 0 Å². The summed E-state index contributed by atoms with van der Waals surface area (Å²) in [6.07, 6.45) is 8.52. The summed E-state index contributed by atoms with van der Waals surface area (Å²) in [7, 11) is -1.98. The summed E-state index contributed by atoms with van der Waals surface area (Å²) in [6.45, 7) is 0.642. The van der Waals surface area contributed by atoms with E-state index in [1.165, 1.54) is 7.11 Å². The molecule has 0 spiro atoms. The molecule has 0 bridgehead atoms. The standard InChI is InChI=1S/C26H26N6O3S2/c1-35-23-15-19(10-11-20(23)30-37(2,33)34)32-25(24(29-26(32)36)21-8-3-4-13-28-21)22-9-6-14-31(22)17-18-7-5-12-27-16-18/h3-16,24-25,30H,17H2,1-2H3,(H,29,36)/t24-,25+/m0/s1. The molecular formula is C26H26N6O3S2. The van der Waals surface area contributed by atoms with Crippen LogP contribution in [0.15, 0.2) is 85.5 Å². The zero-order chi connectivity index (χ0) is 26.0. The van der Waals surface area contributed by atoms with E-state index in [0.717, 1.165) is 28.9 Å². The first-order chi connectivity index (χ1) is 17.8. The highest BCUT2D eigenvalue weighted by Crippen LogP contribution is 2.43. The second-order valence-electron chi connectivity index (χ2n) is 8.68. The second-order valence-corrected chi connectivity index (χ2v) is 10.8. The lowest BCUT2D eigenvalue weighted by Gasteiger charge is -2.29. The van der Waals surface area contributed by atoms with E-state index >= 15 is 0 Å². The molecule has 37 heavy (non-hydrogen) atoms. The molecule has 4 heterocycles. The zero-order valence-corrected chi connectivity index (χ0v) is 21.9. The fraction of sp³-hybridized carbons (Fsp3) is 0.192. The Hall–Kier alpha value is -3.96. The Morgan fingerprint density at radius 3 is 2.68 bits per heavy atom. The summed E-state index contributed by atoms with van der Waals surface area (Å²) in [5, 5.41) is 3.98. The summed E-state index contributed by atoms with van der Waals surface area (Å²) in [5.74, 6) is 0.386. The van der Waals surface area contributed by atoms with E-state index in [0.29, 0.717) is 23.1 Å². The maximum absolute atomic E-state index is 11.8. The van der Waals surface area contributed by atoms with Gasteiger partial charge in [-0.15, -0.1) is 0 Å². The van der Waals surface area contributed by atoms with Gasteiger partial charge in [0, 0.05) is 48.8 Å². The van der Waals surface area contributed by atoms with E-state index in [9.17, 15) is 8.42 Å². The number of thiocarbonyl (C=S) groups is 1. The van der Waals surface area contributed by atoms with Gasteiger partial charge in [0.05, 0.1) is 30.8 Å². The quantitative estimate of drug-likeness (QED) is 0.329. The summed E-state index contributed by atoms with van der Waals surface area (Å²) in [5.41, 5.74) is 4.07. The van der Waals surface area contributed by atoms with Gasteiger partial charge in [0.1, 0.15) is 11.8 Å². The van der Waals surface area contributed by atoms with Gasteiger partial charge in [0.15, 0.2) is 5.11 Å². The molecule has 1 aliphatic rings. The first-order valence-corrected chi connectivity index (χ1v) is 13.8. The molecule has 0 unspecified atom stereocenters. The van der Waals surface area contributed by atoms with Crippen LogP contribution in [0, 0.1) is 0 Å². The van der Waals surface area contributed by atoms with Gasteiger partial charge in [-0.3, -0.25) is 14.7 Å². The number of anilines is 2. The number of hydrogen-bond donors (Lipinski definition) is 2. The van der Waals surface area contributed by atoms with Gasteiger partial charge in [0.25, 0.3) is 0 Å². The lowest BCUT2D eigenvalue weighted by atomic mass is 10.0. The molecule has 1 aliphatic heterocycles. The normalized spacial score (nSPS) is 17.5. The van der Waals surface area contributed by atoms with Crippen LogP contribution in [0.5, 0.6) is 5.75 Å². The number of aromatic nitrogens is 3. The number of sulfonamides is 1. The van der Waals surface area contributed by atoms with Crippen molar-refractivity contribution in [3.05, 3.63) is 102 Å². The number of ether oxygens (including phenoxy) is 1. The summed E-state index contributed by atoms with van der Waals surface area (Å²) < 4.78 is 33.9. The number of pyridine rings is 2. The molecule has 2 atom stereocenters. The molecule has 1 saturated heterocycles. The predicted molar refractivity (Wildman–Crippen MR) is 147 cm³/mol. The minimum Gasteiger partial charge on any atom is -0.494 e. The molecule has 1 aromatic carbocycles. The molecular weight excluding hydrogens is 508 g/mol. The number of benzene rings is 1. The first kappa shape index (κ1) is 24.7. The van der Waals surface area contributed by atoms with Crippen molar-refractivity contribution >= 4 is 38.7 Å². The van der Waals surface area contributed by atoms with Crippen LogP contribution in [0.1, 0.15) is 29.0 Å². The van der Waals surface area contributed by atoms with E-state index in [1.54, 1.807) is 24.5 Å². The van der Waals surface area contributed by atoms with Crippen molar-refractivity contribution in [2.45, 2.75) is 18.6 Å². The average molecular weight is 535 g/mol. The smallest absolute Gasteiger partial charge is 0.229 e. The number of nitrogens with one attached hydrogen (secondary N) is 2.